The van der Waals surface area contributed by atoms with E-state index < -0.39 is 11.6 Å². The largest absolute Gasteiger partial charge is 0.341 e. The van der Waals surface area contributed by atoms with Gasteiger partial charge in [0.15, 0.2) is 0 Å². The summed E-state index contributed by atoms with van der Waals surface area (Å²) in [6.45, 7) is 4.53. The van der Waals surface area contributed by atoms with Crippen molar-refractivity contribution in [2.75, 3.05) is 25.0 Å². The van der Waals surface area contributed by atoms with Gasteiger partial charge in [0.05, 0.1) is 17.3 Å². The molecule has 2 saturated heterocycles. The standard InChI is InChI=1S/C35H29Cl2N5O2/c1-3-41-31-7-5-4-6-28(31)29-14-23(10-13-32(29)41)19-40-20-30(24-11-8-22(18-38)9-12-24)35(21-40)33(43)42(34(44)39(35)2)27-16-25(36)15-26(37)17-27/h4-17,30H,3,19-21H2,1-2H3. The Kier molecular flexibility index (Phi) is 6.89. The van der Waals surface area contributed by atoms with E-state index in [1.807, 2.05) is 12.1 Å². The summed E-state index contributed by atoms with van der Waals surface area (Å²) in [6, 6.07) is 28.8. The Morgan fingerprint density at radius 3 is 2.32 bits per heavy atom. The van der Waals surface area contributed by atoms with Gasteiger partial charge < -0.3 is 9.47 Å². The van der Waals surface area contributed by atoms with E-state index in [1.165, 1.54) is 26.7 Å². The molecule has 3 heterocycles. The maximum Gasteiger partial charge on any atom is 0.332 e. The topological polar surface area (TPSA) is 72.6 Å². The highest BCUT2D eigenvalue weighted by Crippen LogP contribution is 2.47. The van der Waals surface area contributed by atoms with Crippen LogP contribution in [0.2, 0.25) is 10.0 Å². The van der Waals surface area contributed by atoms with E-state index in [0.717, 1.165) is 17.7 Å². The summed E-state index contributed by atoms with van der Waals surface area (Å²) in [5.41, 5.74) is 4.14. The van der Waals surface area contributed by atoms with E-state index in [-0.39, 0.29) is 11.8 Å². The molecule has 0 bridgehead atoms. The van der Waals surface area contributed by atoms with Gasteiger partial charge in [0.2, 0.25) is 0 Å². The average molecular weight is 623 g/mol. The minimum absolute atomic E-state index is 0.318. The Hall–Kier alpha value is -4.35. The van der Waals surface area contributed by atoms with Crippen molar-refractivity contribution in [2.45, 2.75) is 31.5 Å². The fourth-order valence-electron chi connectivity index (χ4n) is 7.21. The van der Waals surface area contributed by atoms with Crippen molar-refractivity contribution >= 4 is 62.6 Å². The minimum atomic E-state index is -1.16. The lowest BCUT2D eigenvalue weighted by atomic mass is 9.80. The van der Waals surface area contributed by atoms with Crippen LogP contribution in [0, 0.1) is 11.3 Å². The van der Waals surface area contributed by atoms with Crippen molar-refractivity contribution in [1.29, 1.82) is 5.26 Å². The second kappa shape index (κ2) is 10.7. The molecule has 0 saturated carbocycles. The third-order valence-electron chi connectivity index (χ3n) is 9.24. The Bertz CT molecular complexity index is 1990. The molecule has 3 amide bonds. The van der Waals surface area contributed by atoms with Crippen LogP contribution in [-0.2, 0) is 17.9 Å². The predicted octanol–water partition coefficient (Wildman–Crippen LogP) is 7.43. The molecule has 7 rings (SSSR count). The minimum Gasteiger partial charge on any atom is -0.341 e. The quantitative estimate of drug-likeness (QED) is 0.191. The number of imide groups is 1. The normalized spacial score (nSPS) is 20.5. The van der Waals surface area contributed by atoms with Crippen LogP contribution in [0.1, 0.15) is 29.5 Å². The molecule has 220 valence electrons. The summed E-state index contributed by atoms with van der Waals surface area (Å²) in [5.74, 6) is -0.649. The Balaban J connectivity index is 1.29. The smallest absolute Gasteiger partial charge is 0.332 e. The van der Waals surface area contributed by atoms with Crippen molar-refractivity contribution in [1.82, 2.24) is 14.4 Å². The van der Waals surface area contributed by atoms with E-state index in [2.05, 4.69) is 64.9 Å². The molecule has 0 radical (unpaired) electrons. The SMILES string of the molecule is CCn1c2ccccc2c2cc(CN3CC(c4ccc(C#N)cc4)C4(C3)C(=O)N(c3cc(Cl)cc(Cl)c3)C(=O)N4C)ccc21. The van der Waals surface area contributed by atoms with Gasteiger partial charge in [0.1, 0.15) is 5.54 Å². The lowest BCUT2D eigenvalue weighted by Crippen LogP contribution is -2.53. The molecule has 7 nitrogen and oxygen atoms in total. The molecule has 5 aromatic rings. The number of aryl methyl sites for hydroxylation is 1. The zero-order valence-electron chi connectivity index (χ0n) is 24.3. The number of nitriles is 1. The van der Waals surface area contributed by atoms with Crippen LogP contribution in [0.3, 0.4) is 0 Å². The van der Waals surface area contributed by atoms with Gasteiger partial charge in [0.25, 0.3) is 5.91 Å². The van der Waals surface area contributed by atoms with Crippen molar-refractivity contribution in [3.63, 3.8) is 0 Å². The van der Waals surface area contributed by atoms with Gasteiger partial charge >= 0.3 is 6.03 Å². The predicted molar refractivity (Wildman–Crippen MR) is 174 cm³/mol. The van der Waals surface area contributed by atoms with Crippen molar-refractivity contribution < 1.29 is 9.59 Å². The van der Waals surface area contributed by atoms with E-state index in [9.17, 15) is 14.9 Å². The van der Waals surface area contributed by atoms with E-state index in [0.29, 0.717) is 40.9 Å². The number of hydrogen-bond donors (Lipinski definition) is 0. The fourth-order valence-corrected chi connectivity index (χ4v) is 7.73. The first-order valence-corrected chi connectivity index (χ1v) is 15.3. The number of likely N-dealkylation sites (tertiary alicyclic amines) is 1. The van der Waals surface area contributed by atoms with Gasteiger partial charge in [0, 0.05) is 71.0 Å². The summed E-state index contributed by atoms with van der Waals surface area (Å²) in [4.78, 5) is 33.4. The maximum absolute atomic E-state index is 14.5. The molecular formula is C35H29Cl2N5O2. The number of likely N-dealkylation sites (N-methyl/N-ethyl adjacent to an activating group) is 1. The maximum atomic E-state index is 14.5. The first kappa shape index (κ1) is 28.4. The highest BCUT2D eigenvalue weighted by molar-refractivity contribution is 6.36. The van der Waals surface area contributed by atoms with Crippen LogP contribution in [0.15, 0.2) is 84.9 Å². The fraction of sp³-hybridized carbons (Fsp3) is 0.229. The van der Waals surface area contributed by atoms with Gasteiger partial charge in [-0.25, -0.2) is 9.69 Å². The molecule has 2 fully saturated rings. The number of aromatic nitrogens is 1. The summed E-state index contributed by atoms with van der Waals surface area (Å²) < 4.78 is 2.33. The number of urea groups is 1. The first-order valence-electron chi connectivity index (χ1n) is 14.6. The number of carbonyl (C=O) groups excluding carboxylic acids is 2. The molecule has 0 N–H and O–H groups in total. The van der Waals surface area contributed by atoms with Crippen molar-refractivity contribution in [2.24, 2.45) is 0 Å². The lowest BCUT2D eigenvalue weighted by molar-refractivity contribution is -0.124. The molecule has 44 heavy (non-hydrogen) atoms. The van der Waals surface area contributed by atoms with Gasteiger partial charge in [-0.1, -0.05) is 59.6 Å². The molecule has 1 aromatic heterocycles. The van der Waals surface area contributed by atoms with Crippen molar-refractivity contribution in [3.8, 4) is 6.07 Å². The monoisotopic (exact) mass is 621 g/mol. The number of amides is 3. The summed E-state index contributed by atoms with van der Waals surface area (Å²) >= 11 is 12.6. The van der Waals surface area contributed by atoms with Crippen LogP contribution in [-0.4, -0.2) is 52.0 Å². The number of fused-ring (bicyclic) bond motifs is 3. The number of benzene rings is 4. The zero-order chi connectivity index (χ0) is 30.7. The summed E-state index contributed by atoms with van der Waals surface area (Å²) in [7, 11) is 1.69. The second-order valence-electron chi connectivity index (χ2n) is 11.6. The molecule has 0 aliphatic carbocycles. The Labute approximate surface area is 265 Å². The van der Waals surface area contributed by atoms with E-state index in [4.69, 9.17) is 23.2 Å². The third kappa shape index (κ3) is 4.28. The number of anilines is 1. The molecule has 2 aliphatic heterocycles. The Morgan fingerprint density at radius 1 is 0.909 bits per heavy atom. The first-order chi connectivity index (χ1) is 21.2. The molecule has 2 unspecified atom stereocenters. The summed E-state index contributed by atoms with van der Waals surface area (Å²) in [5, 5.41) is 12.5. The average Bonchev–Trinajstić information content (AvgIpc) is 3.61. The zero-order valence-corrected chi connectivity index (χ0v) is 25.8. The molecule has 4 aromatic carbocycles. The molecule has 1 spiro atoms. The number of rotatable bonds is 5. The Morgan fingerprint density at radius 2 is 1.61 bits per heavy atom. The van der Waals surface area contributed by atoms with Crippen LogP contribution in [0.25, 0.3) is 21.8 Å². The number of nitrogens with zero attached hydrogens (tertiary/aromatic N) is 5. The van der Waals surface area contributed by atoms with Crippen LogP contribution in [0.4, 0.5) is 10.5 Å². The highest BCUT2D eigenvalue weighted by atomic mass is 35.5. The van der Waals surface area contributed by atoms with Crippen LogP contribution >= 0.6 is 23.2 Å². The molecule has 9 heteroatoms. The van der Waals surface area contributed by atoms with Gasteiger partial charge in [-0.15, -0.1) is 0 Å². The third-order valence-corrected chi connectivity index (χ3v) is 9.68. The van der Waals surface area contributed by atoms with Gasteiger partial charge in [-0.05, 0) is 66.6 Å². The number of hydrogen-bond acceptors (Lipinski definition) is 4. The van der Waals surface area contributed by atoms with Crippen molar-refractivity contribution in [3.05, 3.63) is 112 Å². The summed E-state index contributed by atoms with van der Waals surface area (Å²) in [6.07, 6.45) is 0. The number of para-hydroxylation sites is 1. The lowest BCUT2D eigenvalue weighted by Gasteiger charge is -2.34. The molecule has 2 aliphatic rings. The van der Waals surface area contributed by atoms with Gasteiger partial charge in [-0.2, -0.15) is 5.26 Å². The number of carbonyl (C=O) groups is 2. The highest BCUT2D eigenvalue weighted by Gasteiger charge is 2.64. The van der Waals surface area contributed by atoms with Gasteiger partial charge in [-0.3, -0.25) is 9.69 Å². The van der Waals surface area contributed by atoms with E-state index >= 15 is 0 Å². The second-order valence-corrected chi connectivity index (χ2v) is 12.5. The van der Waals surface area contributed by atoms with E-state index in [1.54, 1.807) is 42.3 Å². The number of halogens is 2. The molecular weight excluding hydrogens is 593 g/mol. The van der Waals surface area contributed by atoms with Crippen LogP contribution in [0.5, 0.6) is 0 Å². The molecule has 2 atom stereocenters. The van der Waals surface area contributed by atoms with Crippen LogP contribution < -0.4 is 4.90 Å².